The minimum atomic E-state index is -1.18. The Bertz CT molecular complexity index is 945. The number of rotatable bonds is 3. The molecule has 1 aromatic rings. The van der Waals surface area contributed by atoms with Crippen molar-refractivity contribution in [2.45, 2.75) is 70.8 Å². The largest absolute Gasteiger partial charge is 0.369 e. The van der Waals surface area contributed by atoms with Crippen molar-refractivity contribution in [2.24, 2.45) is 22.5 Å². The lowest BCUT2D eigenvalue weighted by molar-refractivity contribution is -0.157. The average Bonchev–Trinajstić information content (AvgIpc) is 2.75. The molecule has 0 aromatic heterocycles. The fraction of sp³-hybridized carbons (Fsp3) is 0.654. The molecular formula is C26H37N3O3. The second-order valence-electron chi connectivity index (χ2n) is 11.1. The third kappa shape index (κ3) is 3.09. The summed E-state index contributed by atoms with van der Waals surface area (Å²) in [6.45, 7) is 7.73. The summed E-state index contributed by atoms with van der Waals surface area (Å²) >= 11 is 0. The number of amides is 3. The lowest BCUT2D eigenvalue weighted by atomic mass is 9.51. The number of carbonyl (C=O) groups is 3. The molecule has 3 aliphatic rings. The first-order valence-electron chi connectivity index (χ1n) is 11.9. The van der Waals surface area contributed by atoms with E-state index in [9.17, 15) is 14.4 Å². The quantitative estimate of drug-likeness (QED) is 0.735. The van der Waals surface area contributed by atoms with E-state index >= 15 is 0 Å². The molecule has 6 nitrogen and oxygen atoms in total. The summed E-state index contributed by atoms with van der Waals surface area (Å²) in [4.78, 5) is 42.3. The van der Waals surface area contributed by atoms with Gasteiger partial charge in [0.25, 0.3) is 0 Å². The van der Waals surface area contributed by atoms with Crippen LogP contribution in [-0.4, -0.2) is 54.2 Å². The standard InChI is InChI=1S/C26H37N3O3/c1-24(2)20-16-18-8-6-7-9-19(18)25(24,3)14-15-29(20)21(30)17-10-12-26(13-11-17,22(27)31)23(32)28(4)5/h6-9,17,20H,10-16H2,1-5H3,(H2,27,31)/t17?,20-,25+,26?/m1/s1. The molecule has 2 N–H and O–H groups in total. The van der Waals surface area contributed by atoms with Crippen LogP contribution in [0.1, 0.15) is 64.0 Å². The van der Waals surface area contributed by atoms with Gasteiger partial charge in [-0.2, -0.15) is 0 Å². The minimum Gasteiger partial charge on any atom is -0.369 e. The third-order valence-corrected chi connectivity index (χ3v) is 9.27. The van der Waals surface area contributed by atoms with Crippen molar-refractivity contribution in [3.05, 3.63) is 35.4 Å². The summed E-state index contributed by atoms with van der Waals surface area (Å²) in [6, 6.07) is 8.83. The molecule has 0 radical (unpaired) electrons. The normalized spacial score (nSPS) is 33.2. The van der Waals surface area contributed by atoms with Crippen LogP contribution in [0.5, 0.6) is 0 Å². The van der Waals surface area contributed by atoms with Crippen LogP contribution in [0, 0.1) is 16.7 Å². The van der Waals surface area contributed by atoms with Crippen LogP contribution in [0.3, 0.4) is 0 Å². The molecule has 2 atom stereocenters. The van der Waals surface area contributed by atoms with Gasteiger partial charge in [0.15, 0.2) is 0 Å². The van der Waals surface area contributed by atoms with Crippen LogP contribution in [0.25, 0.3) is 0 Å². The molecule has 0 spiro atoms. The number of carbonyl (C=O) groups excluding carboxylic acids is 3. The number of fused-ring (bicyclic) bond motifs is 4. The van der Waals surface area contributed by atoms with Crippen molar-refractivity contribution >= 4 is 17.7 Å². The molecular weight excluding hydrogens is 402 g/mol. The van der Waals surface area contributed by atoms with E-state index < -0.39 is 11.3 Å². The number of hydrogen-bond donors (Lipinski definition) is 1. The summed E-state index contributed by atoms with van der Waals surface area (Å²) in [7, 11) is 3.30. The molecule has 1 heterocycles. The van der Waals surface area contributed by atoms with Crippen molar-refractivity contribution < 1.29 is 14.4 Å². The summed E-state index contributed by atoms with van der Waals surface area (Å²) in [5.74, 6) is -0.787. The van der Waals surface area contributed by atoms with Crippen molar-refractivity contribution in [3.8, 4) is 0 Å². The van der Waals surface area contributed by atoms with Crippen LogP contribution in [0.2, 0.25) is 0 Å². The fourth-order valence-corrected chi connectivity index (χ4v) is 6.72. The van der Waals surface area contributed by atoms with Crippen molar-refractivity contribution in [2.75, 3.05) is 20.6 Å². The van der Waals surface area contributed by atoms with Crippen LogP contribution in [0.15, 0.2) is 24.3 Å². The Kier molecular flexibility index (Phi) is 5.42. The maximum atomic E-state index is 13.8. The van der Waals surface area contributed by atoms with E-state index in [1.165, 1.54) is 16.0 Å². The maximum Gasteiger partial charge on any atom is 0.237 e. The van der Waals surface area contributed by atoms with Gasteiger partial charge in [0.05, 0.1) is 0 Å². The first-order chi connectivity index (χ1) is 15.0. The zero-order chi connectivity index (χ0) is 23.5. The van der Waals surface area contributed by atoms with E-state index in [0.717, 1.165) is 19.4 Å². The van der Waals surface area contributed by atoms with E-state index in [1.54, 1.807) is 14.1 Å². The molecule has 6 heteroatoms. The summed E-state index contributed by atoms with van der Waals surface area (Å²) < 4.78 is 0. The number of likely N-dealkylation sites (tertiary alicyclic amines) is 1. The maximum absolute atomic E-state index is 13.8. The Morgan fingerprint density at radius 3 is 2.25 bits per heavy atom. The van der Waals surface area contributed by atoms with Crippen molar-refractivity contribution in [3.63, 3.8) is 0 Å². The molecule has 3 amide bonds. The zero-order valence-electron chi connectivity index (χ0n) is 20.1. The van der Waals surface area contributed by atoms with E-state index in [0.29, 0.717) is 25.7 Å². The molecule has 1 saturated heterocycles. The first-order valence-corrected chi connectivity index (χ1v) is 11.9. The molecule has 0 unspecified atom stereocenters. The Morgan fingerprint density at radius 1 is 1.03 bits per heavy atom. The van der Waals surface area contributed by atoms with Gasteiger partial charge in [0.1, 0.15) is 5.41 Å². The highest BCUT2D eigenvalue weighted by atomic mass is 16.2. The smallest absolute Gasteiger partial charge is 0.237 e. The number of benzene rings is 1. The minimum absolute atomic E-state index is 0.0368. The molecule has 2 aliphatic carbocycles. The monoisotopic (exact) mass is 439 g/mol. The summed E-state index contributed by atoms with van der Waals surface area (Å²) in [5, 5.41) is 0. The van der Waals surface area contributed by atoms with Crippen LogP contribution in [-0.2, 0) is 26.2 Å². The van der Waals surface area contributed by atoms with Gasteiger partial charge in [0.2, 0.25) is 17.7 Å². The Morgan fingerprint density at radius 2 is 1.66 bits per heavy atom. The molecule has 32 heavy (non-hydrogen) atoms. The Balaban J connectivity index is 1.56. The lowest BCUT2D eigenvalue weighted by Gasteiger charge is -2.61. The van der Waals surface area contributed by atoms with Crippen LogP contribution < -0.4 is 5.73 Å². The van der Waals surface area contributed by atoms with Gasteiger partial charge in [0, 0.05) is 38.0 Å². The van der Waals surface area contributed by atoms with Gasteiger partial charge < -0.3 is 15.5 Å². The van der Waals surface area contributed by atoms with Gasteiger partial charge in [-0.25, -0.2) is 0 Å². The highest BCUT2D eigenvalue weighted by Crippen LogP contribution is 2.56. The van der Waals surface area contributed by atoms with E-state index in [2.05, 4.69) is 49.9 Å². The SMILES string of the molecule is CN(C)C(=O)C1(C(N)=O)CCC(C(=O)N2CC[C@@]3(C)c4ccccc4C[C@@H]2C3(C)C)CC1. The van der Waals surface area contributed by atoms with Crippen LogP contribution in [0.4, 0.5) is 0 Å². The molecule has 4 rings (SSSR count). The molecule has 1 saturated carbocycles. The van der Waals surface area contributed by atoms with Crippen molar-refractivity contribution in [1.82, 2.24) is 9.80 Å². The fourth-order valence-electron chi connectivity index (χ4n) is 6.72. The number of primary amides is 1. The highest BCUT2D eigenvalue weighted by Gasteiger charge is 2.57. The predicted molar refractivity (Wildman–Crippen MR) is 124 cm³/mol. The molecule has 1 aromatic carbocycles. The van der Waals surface area contributed by atoms with Crippen molar-refractivity contribution in [1.29, 1.82) is 0 Å². The zero-order valence-corrected chi connectivity index (χ0v) is 20.1. The number of nitrogens with two attached hydrogens (primary N) is 1. The van der Waals surface area contributed by atoms with Gasteiger partial charge in [-0.05, 0) is 55.1 Å². The molecule has 2 bridgehead atoms. The molecule has 1 aliphatic heterocycles. The summed E-state index contributed by atoms with van der Waals surface area (Å²) in [5.41, 5.74) is 7.29. The number of hydrogen-bond acceptors (Lipinski definition) is 3. The topological polar surface area (TPSA) is 83.7 Å². The Hall–Kier alpha value is -2.37. The second-order valence-corrected chi connectivity index (χ2v) is 11.1. The predicted octanol–water partition coefficient (Wildman–Crippen LogP) is 2.88. The molecule has 2 fully saturated rings. The second kappa shape index (κ2) is 7.60. The van der Waals surface area contributed by atoms with Gasteiger partial charge in [-0.15, -0.1) is 0 Å². The summed E-state index contributed by atoms with van der Waals surface area (Å²) in [6.07, 6.45) is 3.56. The van der Waals surface area contributed by atoms with Crippen LogP contribution >= 0.6 is 0 Å². The van der Waals surface area contributed by atoms with Gasteiger partial charge in [-0.1, -0.05) is 45.0 Å². The third-order valence-electron chi connectivity index (χ3n) is 9.27. The van der Waals surface area contributed by atoms with E-state index in [4.69, 9.17) is 5.73 Å². The average molecular weight is 440 g/mol. The first kappa shape index (κ1) is 22.8. The van der Waals surface area contributed by atoms with Gasteiger partial charge >= 0.3 is 0 Å². The number of piperidine rings is 1. The van der Waals surface area contributed by atoms with E-state index in [1.807, 2.05) is 0 Å². The molecule has 174 valence electrons. The highest BCUT2D eigenvalue weighted by molar-refractivity contribution is 6.04. The Labute approximate surface area is 191 Å². The van der Waals surface area contributed by atoms with Gasteiger partial charge in [-0.3, -0.25) is 14.4 Å². The number of nitrogens with zero attached hydrogens (tertiary/aromatic N) is 2. The lowest BCUT2D eigenvalue weighted by Crippen LogP contribution is -2.65. The van der Waals surface area contributed by atoms with E-state index in [-0.39, 0.29) is 34.6 Å².